The van der Waals surface area contributed by atoms with Gasteiger partial charge < -0.3 is 14.3 Å². The van der Waals surface area contributed by atoms with Crippen LogP contribution in [0.1, 0.15) is 69.9 Å². The van der Waals surface area contributed by atoms with Crippen molar-refractivity contribution in [3.05, 3.63) is 94.0 Å². The van der Waals surface area contributed by atoms with Gasteiger partial charge in [0, 0.05) is 16.5 Å². The molecule has 4 aromatic rings. The second-order valence-corrected chi connectivity index (χ2v) is 17.6. The number of aliphatic hydroxyl groups excluding tert-OH is 1. The zero-order chi connectivity index (χ0) is 29.2. The van der Waals surface area contributed by atoms with Crippen LogP contribution >= 0.6 is 11.6 Å². The van der Waals surface area contributed by atoms with Crippen molar-refractivity contribution >= 4 is 30.8 Å². The van der Waals surface area contributed by atoms with E-state index in [4.69, 9.17) is 20.8 Å². The average Bonchev–Trinajstić information content (AvgIpc) is 2.93. The predicted molar refractivity (Wildman–Crippen MR) is 170 cm³/mol. The summed E-state index contributed by atoms with van der Waals surface area (Å²) >= 11 is 6.22. The highest BCUT2D eigenvalue weighted by Crippen LogP contribution is 2.43. The van der Waals surface area contributed by atoms with Gasteiger partial charge in [0.2, 0.25) is 14.2 Å². The number of fused-ring (bicyclic) bond motifs is 1. The number of rotatable bonds is 10. The second kappa shape index (κ2) is 12.4. The molecule has 0 aliphatic rings. The normalized spacial score (nSPS) is 13.0. The molecule has 1 heterocycles. The first-order valence-corrected chi connectivity index (χ1v) is 16.7. The summed E-state index contributed by atoms with van der Waals surface area (Å²) < 4.78 is 12.5. The summed E-state index contributed by atoms with van der Waals surface area (Å²) in [5.74, 6) is 0.552. The first-order chi connectivity index (χ1) is 19.0. The molecular weight excluding hydrogens is 534 g/mol. The van der Waals surface area contributed by atoms with E-state index in [1.807, 2.05) is 49.4 Å². The van der Waals surface area contributed by atoms with Crippen LogP contribution in [0, 0.1) is 6.92 Å². The Bertz CT molecular complexity index is 1460. The summed E-state index contributed by atoms with van der Waals surface area (Å²) in [7, 11) is -0.355. The molecule has 1 N–H and O–H groups in total. The van der Waals surface area contributed by atoms with Crippen molar-refractivity contribution < 1.29 is 14.3 Å². The summed E-state index contributed by atoms with van der Waals surface area (Å²) in [5.41, 5.74) is 8.13. The maximum Gasteiger partial charge on any atom is 0.214 e. The Morgan fingerprint density at radius 2 is 1.50 bits per heavy atom. The smallest absolute Gasteiger partial charge is 0.214 e. The third-order valence-electron chi connectivity index (χ3n) is 8.27. The minimum atomic E-state index is -1.99. The van der Waals surface area contributed by atoms with Gasteiger partial charge in [-0.15, -0.1) is 0 Å². The molecule has 6 heteroatoms. The monoisotopic (exact) mass is 575 g/mol. The second-order valence-electron chi connectivity index (χ2n) is 11.7. The van der Waals surface area contributed by atoms with E-state index in [-0.39, 0.29) is 0 Å². The van der Waals surface area contributed by atoms with Crippen LogP contribution in [0.2, 0.25) is 21.6 Å². The van der Waals surface area contributed by atoms with Crippen LogP contribution in [-0.2, 0) is 11.0 Å². The Balaban J connectivity index is 1.75. The van der Waals surface area contributed by atoms with E-state index in [0.29, 0.717) is 34.1 Å². The maximum absolute atomic E-state index is 11.3. The van der Waals surface area contributed by atoms with E-state index in [9.17, 15) is 5.11 Å². The minimum absolute atomic E-state index is 0.526. The molecule has 40 heavy (non-hydrogen) atoms. The molecule has 0 aliphatic heterocycles. The quantitative estimate of drug-likeness (QED) is 0.191. The Morgan fingerprint density at radius 1 is 0.850 bits per heavy atom. The van der Waals surface area contributed by atoms with Crippen LogP contribution in [0.4, 0.5) is 0 Å². The van der Waals surface area contributed by atoms with Gasteiger partial charge >= 0.3 is 0 Å². The van der Waals surface area contributed by atoms with Crippen molar-refractivity contribution in [1.82, 2.24) is 4.98 Å². The highest BCUT2D eigenvalue weighted by atomic mass is 35.5. The molecule has 1 aromatic heterocycles. The highest BCUT2D eigenvalue weighted by molar-refractivity contribution is 6.77. The van der Waals surface area contributed by atoms with Gasteiger partial charge in [0.15, 0.2) is 0 Å². The number of pyridine rings is 1. The first kappa shape index (κ1) is 30.3. The van der Waals surface area contributed by atoms with Gasteiger partial charge in [0.25, 0.3) is 0 Å². The summed E-state index contributed by atoms with van der Waals surface area (Å²) in [6.45, 7) is 16.4. The maximum atomic E-state index is 11.3. The molecular formula is C34H42ClNO3Si. The lowest BCUT2D eigenvalue weighted by Gasteiger charge is -2.42. The van der Waals surface area contributed by atoms with Crippen LogP contribution < -0.4 is 4.74 Å². The summed E-state index contributed by atoms with van der Waals surface area (Å²) in [6, 6.07) is 22.1. The highest BCUT2D eigenvalue weighted by Gasteiger charge is 2.44. The van der Waals surface area contributed by atoms with Crippen molar-refractivity contribution in [3.8, 4) is 17.0 Å². The van der Waals surface area contributed by atoms with Crippen LogP contribution in [0.15, 0.2) is 66.7 Å². The first-order valence-electron chi connectivity index (χ1n) is 14.1. The van der Waals surface area contributed by atoms with Crippen LogP contribution in [0.3, 0.4) is 0 Å². The predicted octanol–water partition coefficient (Wildman–Crippen LogP) is 9.65. The largest absolute Gasteiger partial charge is 0.481 e. The van der Waals surface area contributed by atoms with Crippen LogP contribution in [0.5, 0.6) is 5.88 Å². The number of ether oxygens (including phenoxy) is 1. The SMILES string of the molecule is COc1cc(-c2cccc(CO[Si](C(C)C)(C(C)C)C(C)C)c2)c2cc(C(O)c3ccc(Cl)c(C)c3)ccc2n1. The number of halogens is 1. The lowest BCUT2D eigenvalue weighted by atomic mass is 9.95. The lowest BCUT2D eigenvalue weighted by Crippen LogP contribution is -2.47. The Hall–Kier alpha value is -2.70. The Morgan fingerprint density at radius 3 is 2.12 bits per heavy atom. The van der Waals surface area contributed by atoms with Gasteiger partial charge in [-0.2, -0.15) is 0 Å². The van der Waals surface area contributed by atoms with Crippen LogP contribution in [-0.4, -0.2) is 25.5 Å². The van der Waals surface area contributed by atoms with E-state index >= 15 is 0 Å². The third-order valence-corrected chi connectivity index (χ3v) is 14.7. The number of aryl methyl sites for hydroxylation is 1. The fraction of sp³-hybridized carbons (Fsp3) is 0.382. The van der Waals surface area contributed by atoms with Gasteiger partial charge in [-0.05, 0) is 81.2 Å². The molecule has 0 spiro atoms. The Kier molecular flexibility index (Phi) is 9.41. The Labute approximate surface area is 245 Å². The number of hydrogen-bond donors (Lipinski definition) is 1. The fourth-order valence-corrected chi connectivity index (χ4v) is 11.8. The zero-order valence-electron chi connectivity index (χ0n) is 25.0. The fourth-order valence-electron chi connectivity index (χ4n) is 6.30. The molecule has 1 atom stereocenters. The summed E-state index contributed by atoms with van der Waals surface area (Å²) in [6.07, 6.45) is -0.781. The van der Waals surface area contributed by atoms with E-state index in [2.05, 4.69) is 70.8 Å². The number of benzene rings is 3. The molecule has 0 fully saturated rings. The molecule has 0 bridgehead atoms. The van der Waals surface area contributed by atoms with Crippen molar-refractivity contribution in [2.75, 3.05) is 7.11 Å². The number of aliphatic hydroxyl groups is 1. The third kappa shape index (κ3) is 5.98. The topological polar surface area (TPSA) is 51.6 Å². The van der Waals surface area contributed by atoms with Crippen molar-refractivity contribution in [2.45, 2.75) is 77.8 Å². The number of aromatic nitrogens is 1. The van der Waals surface area contributed by atoms with E-state index < -0.39 is 14.4 Å². The van der Waals surface area contributed by atoms with E-state index in [0.717, 1.165) is 44.3 Å². The molecule has 0 amide bonds. The molecule has 4 rings (SSSR count). The molecule has 0 radical (unpaired) electrons. The molecule has 0 saturated carbocycles. The van der Waals surface area contributed by atoms with Crippen molar-refractivity contribution in [1.29, 1.82) is 0 Å². The molecule has 3 aromatic carbocycles. The van der Waals surface area contributed by atoms with Crippen molar-refractivity contribution in [3.63, 3.8) is 0 Å². The van der Waals surface area contributed by atoms with Gasteiger partial charge in [-0.3, -0.25) is 0 Å². The molecule has 0 saturated heterocycles. The number of nitrogens with zero attached hydrogens (tertiary/aromatic N) is 1. The van der Waals surface area contributed by atoms with E-state index in [1.165, 1.54) is 0 Å². The molecule has 1 unspecified atom stereocenters. The number of methoxy groups -OCH3 is 1. The van der Waals surface area contributed by atoms with Crippen molar-refractivity contribution in [2.24, 2.45) is 0 Å². The molecule has 4 nitrogen and oxygen atoms in total. The summed E-state index contributed by atoms with van der Waals surface area (Å²) in [5, 5.41) is 12.9. The zero-order valence-corrected chi connectivity index (χ0v) is 26.7. The van der Waals surface area contributed by atoms with Gasteiger partial charge in [0.05, 0.1) is 19.2 Å². The van der Waals surface area contributed by atoms with Crippen LogP contribution in [0.25, 0.3) is 22.0 Å². The average molecular weight is 576 g/mol. The standard InChI is InChI=1S/C34H42ClNO3Si/c1-21(2)40(22(3)4,23(5)6)39-20-25-10-9-11-26(17-25)29-19-33(38-8)36-32-15-13-28(18-30(29)32)34(37)27-12-14-31(35)24(7)16-27/h9-19,21-23,34,37H,20H2,1-8H3. The molecule has 212 valence electrons. The number of hydrogen-bond acceptors (Lipinski definition) is 4. The lowest BCUT2D eigenvalue weighted by molar-refractivity contribution is 0.220. The minimum Gasteiger partial charge on any atom is -0.481 e. The summed E-state index contributed by atoms with van der Waals surface area (Å²) in [4.78, 5) is 4.69. The van der Waals surface area contributed by atoms with E-state index in [1.54, 1.807) is 7.11 Å². The van der Waals surface area contributed by atoms with Gasteiger partial charge in [0.1, 0.15) is 6.10 Å². The van der Waals surface area contributed by atoms with Gasteiger partial charge in [-0.1, -0.05) is 89.5 Å². The van der Waals surface area contributed by atoms with Gasteiger partial charge in [-0.25, -0.2) is 4.98 Å². The molecule has 0 aliphatic carbocycles.